The number of nitrogens with zero attached hydrogens (tertiary/aromatic N) is 1. The van der Waals surface area contributed by atoms with E-state index in [0.29, 0.717) is 59.7 Å². The molecular weight excluding hydrogens is 620 g/mol. The van der Waals surface area contributed by atoms with Gasteiger partial charge < -0.3 is 30.7 Å². The zero-order chi connectivity index (χ0) is 34.4. The van der Waals surface area contributed by atoms with Gasteiger partial charge in [-0.1, -0.05) is 30.3 Å². The minimum Gasteiger partial charge on any atom is -0.497 e. The third kappa shape index (κ3) is 9.46. The van der Waals surface area contributed by atoms with Crippen LogP contribution in [0.5, 0.6) is 11.5 Å². The van der Waals surface area contributed by atoms with Crippen molar-refractivity contribution in [3.05, 3.63) is 77.9 Å². The van der Waals surface area contributed by atoms with E-state index >= 15 is 0 Å². The first-order valence-electron chi connectivity index (χ1n) is 15.3. The van der Waals surface area contributed by atoms with Crippen LogP contribution in [-0.2, 0) is 21.2 Å². The molecule has 3 aromatic carbocycles. The quantitative estimate of drug-likeness (QED) is 0.154. The van der Waals surface area contributed by atoms with Gasteiger partial charge in [-0.15, -0.1) is 0 Å². The fourth-order valence-electron chi connectivity index (χ4n) is 5.43. The highest BCUT2D eigenvalue weighted by Crippen LogP contribution is 2.34. The molecule has 0 spiro atoms. The van der Waals surface area contributed by atoms with Gasteiger partial charge in [-0.3, -0.25) is 10.2 Å². The number of ether oxygens (including phenoxy) is 2. The van der Waals surface area contributed by atoms with Crippen LogP contribution in [0.2, 0.25) is 0 Å². The predicted molar refractivity (Wildman–Crippen MR) is 181 cm³/mol. The lowest BCUT2D eigenvalue weighted by Gasteiger charge is -2.35. The first kappa shape index (κ1) is 35.2. The molecule has 0 unspecified atom stereocenters. The molecule has 0 bridgehead atoms. The Morgan fingerprint density at radius 2 is 1.70 bits per heavy atom. The van der Waals surface area contributed by atoms with E-state index in [9.17, 15) is 18.0 Å². The molecule has 6 N–H and O–H groups in total. The van der Waals surface area contributed by atoms with Gasteiger partial charge in [-0.05, 0) is 81.5 Å². The number of amidine groups is 1. The molecule has 1 atom stereocenters. The Balaban J connectivity index is 1.58. The van der Waals surface area contributed by atoms with Gasteiger partial charge in [0.1, 0.15) is 23.4 Å². The highest BCUT2D eigenvalue weighted by atomic mass is 32.2. The van der Waals surface area contributed by atoms with Crippen LogP contribution in [0, 0.1) is 5.41 Å². The number of nitrogen functional groups attached to an aromatic ring is 1. The van der Waals surface area contributed by atoms with Crippen LogP contribution in [-0.4, -0.2) is 76.0 Å². The van der Waals surface area contributed by atoms with Gasteiger partial charge in [0.2, 0.25) is 15.9 Å². The zero-order valence-electron chi connectivity index (χ0n) is 27.4. The molecule has 0 aromatic heterocycles. The third-order valence-corrected chi connectivity index (χ3v) is 9.24. The zero-order valence-corrected chi connectivity index (χ0v) is 28.2. The summed E-state index contributed by atoms with van der Waals surface area (Å²) in [5.74, 6) is 0.594. The summed E-state index contributed by atoms with van der Waals surface area (Å²) in [6.45, 7) is 6.38. The number of nitrogens with two attached hydrogens (primary N) is 1. The van der Waals surface area contributed by atoms with Crippen molar-refractivity contribution in [2.24, 2.45) is 5.73 Å². The number of piperidine rings is 1. The lowest BCUT2D eigenvalue weighted by atomic mass is 10.0. The van der Waals surface area contributed by atoms with Crippen molar-refractivity contribution < 1.29 is 27.5 Å². The Labute approximate surface area is 276 Å². The van der Waals surface area contributed by atoms with Crippen molar-refractivity contribution in [2.45, 2.75) is 62.6 Å². The smallest absolute Gasteiger partial charge is 0.315 e. The normalized spacial score (nSPS) is 14.6. The summed E-state index contributed by atoms with van der Waals surface area (Å²) in [6.07, 6.45) is 1.08. The monoisotopic (exact) mass is 664 g/mol. The summed E-state index contributed by atoms with van der Waals surface area (Å²) in [5.41, 5.74) is 7.70. The van der Waals surface area contributed by atoms with E-state index in [-0.39, 0.29) is 40.7 Å². The number of likely N-dealkylation sites (tertiary alicyclic amines) is 1. The molecule has 4 rings (SSSR count). The number of benzene rings is 3. The Morgan fingerprint density at radius 1 is 1.00 bits per heavy atom. The maximum Gasteiger partial charge on any atom is 0.315 e. The molecule has 1 fully saturated rings. The second-order valence-electron chi connectivity index (χ2n) is 12.5. The second-order valence-corrected chi connectivity index (χ2v) is 14.2. The number of methoxy groups -OCH3 is 2. The Hall–Kier alpha value is -4.62. The Kier molecular flexibility index (Phi) is 11.1. The molecule has 13 heteroatoms. The maximum absolute atomic E-state index is 14.0. The van der Waals surface area contributed by atoms with E-state index in [0.717, 1.165) is 0 Å². The number of sulfonamides is 1. The second kappa shape index (κ2) is 14.9. The van der Waals surface area contributed by atoms with E-state index in [1.165, 1.54) is 19.2 Å². The van der Waals surface area contributed by atoms with E-state index in [2.05, 4.69) is 15.4 Å². The van der Waals surface area contributed by atoms with E-state index in [1.54, 1.807) is 66.6 Å². The topological polar surface area (TPSA) is 176 Å². The fourth-order valence-corrected chi connectivity index (χ4v) is 6.67. The highest BCUT2D eigenvalue weighted by Gasteiger charge is 2.33. The highest BCUT2D eigenvalue weighted by molar-refractivity contribution is 7.89. The van der Waals surface area contributed by atoms with Crippen molar-refractivity contribution in [3.8, 4) is 22.6 Å². The molecule has 0 saturated carbocycles. The molecule has 1 saturated heterocycles. The number of hydrogen-bond donors (Lipinski definition) is 5. The van der Waals surface area contributed by atoms with Gasteiger partial charge in [0, 0.05) is 41.9 Å². The number of hydrogen-bond acceptors (Lipinski definition) is 7. The van der Waals surface area contributed by atoms with Crippen LogP contribution in [0.1, 0.15) is 44.7 Å². The summed E-state index contributed by atoms with van der Waals surface area (Å²) < 4.78 is 41.2. The van der Waals surface area contributed by atoms with Crippen molar-refractivity contribution in [3.63, 3.8) is 0 Å². The maximum atomic E-state index is 14.0. The summed E-state index contributed by atoms with van der Waals surface area (Å²) in [6, 6.07) is 17.0. The summed E-state index contributed by atoms with van der Waals surface area (Å²) in [5, 5.41) is 13.7. The molecule has 3 amide bonds. The van der Waals surface area contributed by atoms with Crippen molar-refractivity contribution >= 4 is 27.8 Å². The molecule has 0 radical (unpaired) electrons. The first-order valence-corrected chi connectivity index (χ1v) is 16.8. The molecule has 47 heavy (non-hydrogen) atoms. The van der Waals surface area contributed by atoms with E-state index < -0.39 is 16.1 Å². The van der Waals surface area contributed by atoms with Crippen molar-refractivity contribution in [1.29, 1.82) is 5.41 Å². The van der Waals surface area contributed by atoms with Gasteiger partial charge in [0.25, 0.3) is 0 Å². The summed E-state index contributed by atoms with van der Waals surface area (Å²) in [4.78, 5) is 28.0. The molecule has 1 heterocycles. The summed E-state index contributed by atoms with van der Waals surface area (Å²) in [7, 11) is -1.12. The largest absolute Gasteiger partial charge is 0.497 e. The minimum absolute atomic E-state index is 0.0177. The first-order chi connectivity index (χ1) is 22.2. The Bertz CT molecular complexity index is 1710. The van der Waals surface area contributed by atoms with E-state index in [1.807, 2.05) is 20.8 Å². The number of rotatable bonds is 11. The summed E-state index contributed by atoms with van der Waals surface area (Å²) >= 11 is 0. The lowest BCUT2D eigenvalue weighted by molar-refractivity contribution is -0.134. The van der Waals surface area contributed by atoms with Gasteiger partial charge in [0.05, 0.1) is 19.1 Å². The average molecular weight is 665 g/mol. The van der Waals surface area contributed by atoms with Crippen molar-refractivity contribution in [1.82, 2.24) is 20.3 Å². The lowest BCUT2D eigenvalue weighted by Crippen LogP contribution is -2.55. The molecule has 3 aromatic rings. The number of carbonyl (C=O) groups excluding carboxylic acids is 2. The minimum atomic E-state index is -4.19. The number of amides is 3. The van der Waals surface area contributed by atoms with Crippen molar-refractivity contribution in [2.75, 3.05) is 27.3 Å². The molecule has 12 nitrogen and oxygen atoms in total. The van der Waals surface area contributed by atoms with Crippen LogP contribution in [0.4, 0.5) is 4.79 Å². The molecule has 252 valence electrons. The van der Waals surface area contributed by atoms with Crippen LogP contribution in [0.15, 0.2) is 71.6 Å². The van der Waals surface area contributed by atoms with Crippen LogP contribution in [0.3, 0.4) is 0 Å². The van der Waals surface area contributed by atoms with Gasteiger partial charge >= 0.3 is 6.03 Å². The SMILES string of the molecule is COc1ccc(-c2cccc(S(=O)(=O)N[C@@H](Cc3cccc(C(=N)N)c3)C(=O)N3CCC(NC(=O)NC(C)(C)C)CC3)c2)c(OC)c1. The van der Waals surface area contributed by atoms with Crippen LogP contribution < -0.4 is 30.6 Å². The van der Waals surface area contributed by atoms with Gasteiger partial charge in [0.15, 0.2) is 0 Å². The van der Waals surface area contributed by atoms with Gasteiger partial charge in [-0.25, -0.2) is 13.2 Å². The molecule has 1 aliphatic rings. The molecular formula is C34H44N6O6S. The third-order valence-electron chi connectivity index (χ3n) is 7.77. The standard InChI is InChI=1S/C34H44N6O6S/c1-34(2,3)38-33(42)37-25-14-16-40(17-15-25)32(41)29(19-22-8-6-10-24(18-22)31(35)36)39-47(43,44)27-11-7-9-23(20-27)28-13-12-26(45-4)21-30(28)46-5/h6-13,18,20-21,25,29,39H,14-17,19H2,1-5H3,(H3,35,36)(H2,37,38,42)/t29-/m0/s1. The van der Waals surface area contributed by atoms with Crippen LogP contribution >= 0.6 is 0 Å². The average Bonchev–Trinajstić information content (AvgIpc) is 3.03. The Morgan fingerprint density at radius 3 is 2.34 bits per heavy atom. The van der Waals surface area contributed by atoms with Gasteiger partial charge in [-0.2, -0.15) is 4.72 Å². The number of carbonyl (C=O) groups is 2. The number of urea groups is 1. The number of nitrogens with one attached hydrogen (secondary N) is 4. The molecule has 1 aliphatic heterocycles. The van der Waals surface area contributed by atoms with Crippen LogP contribution in [0.25, 0.3) is 11.1 Å². The molecule has 0 aliphatic carbocycles. The predicted octanol–water partition coefficient (Wildman–Crippen LogP) is 3.63. The fraction of sp³-hybridized carbons (Fsp3) is 0.382. The van der Waals surface area contributed by atoms with E-state index in [4.69, 9.17) is 20.6 Å².